The van der Waals surface area contributed by atoms with Crippen LogP contribution in [0.25, 0.3) is 10.9 Å². The minimum absolute atomic E-state index is 0.0718. The molecule has 2 aromatic carbocycles. The van der Waals surface area contributed by atoms with Crippen LogP contribution < -0.4 is 10.1 Å². The van der Waals surface area contributed by atoms with Crippen LogP contribution in [-0.2, 0) is 14.8 Å². The maximum absolute atomic E-state index is 13.1. The van der Waals surface area contributed by atoms with Gasteiger partial charge in [0.2, 0.25) is 15.9 Å². The summed E-state index contributed by atoms with van der Waals surface area (Å²) < 4.78 is 32.8. The molecule has 0 aliphatic rings. The van der Waals surface area contributed by atoms with Crippen molar-refractivity contribution in [2.45, 2.75) is 11.8 Å². The van der Waals surface area contributed by atoms with E-state index in [1.54, 1.807) is 37.4 Å². The van der Waals surface area contributed by atoms with Crippen molar-refractivity contribution >= 4 is 44.1 Å². The maximum Gasteiger partial charge on any atom is 0.245 e. The molecule has 0 saturated heterocycles. The highest BCUT2D eigenvalue weighted by atomic mass is 35.5. The Morgan fingerprint density at radius 2 is 1.97 bits per heavy atom. The highest BCUT2D eigenvalue weighted by Gasteiger charge is 2.26. The number of rotatable bonds is 9. The molecule has 11 heteroatoms. The Labute approximate surface area is 192 Å². The third-order valence-corrected chi connectivity index (χ3v) is 6.85. The van der Waals surface area contributed by atoms with Gasteiger partial charge in [-0.3, -0.25) is 9.89 Å². The number of aromatic amines is 1. The number of carbonyl (C=O) groups excluding carboxylic acids is 1. The fraction of sp³-hybridized carbons (Fsp3) is 0.333. The third kappa shape index (κ3) is 5.57. The molecule has 0 bridgehead atoms. The largest absolute Gasteiger partial charge is 0.491 e. The highest BCUT2D eigenvalue weighted by molar-refractivity contribution is 7.89. The van der Waals surface area contributed by atoms with E-state index in [1.165, 1.54) is 7.05 Å². The number of nitrogens with one attached hydrogen (secondary N) is 2. The van der Waals surface area contributed by atoms with E-state index in [4.69, 9.17) is 16.3 Å². The van der Waals surface area contributed by atoms with Gasteiger partial charge in [0.15, 0.2) is 0 Å². The molecule has 172 valence electrons. The van der Waals surface area contributed by atoms with Crippen LogP contribution in [0, 0.1) is 6.92 Å². The van der Waals surface area contributed by atoms with Crippen molar-refractivity contribution in [3.63, 3.8) is 0 Å². The number of nitrogens with zero attached hydrogens (tertiary/aromatic N) is 3. The summed E-state index contributed by atoms with van der Waals surface area (Å²) in [7, 11) is 1.31. The van der Waals surface area contributed by atoms with Crippen molar-refractivity contribution in [2.24, 2.45) is 0 Å². The number of aryl methyl sites for hydroxylation is 1. The molecule has 0 saturated carbocycles. The number of aromatic nitrogens is 2. The number of anilines is 1. The van der Waals surface area contributed by atoms with E-state index >= 15 is 0 Å². The molecule has 0 radical (unpaired) electrons. The van der Waals surface area contributed by atoms with Crippen molar-refractivity contribution in [1.29, 1.82) is 0 Å². The number of likely N-dealkylation sites (N-methyl/N-ethyl adjacent to an activating group) is 2. The number of amides is 1. The summed E-state index contributed by atoms with van der Waals surface area (Å²) in [5.41, 5.74) is 1.62. The fourth-order valence-corrected chi connectivity index (χ4v) is 4.68. The molecule has 0 aliphatic heterocycles. The van der Waals surface area contributed by atoms with Crippen LogP contribution in [0.1, 0.15) is 5.56 Å². The van der Waals surface area contributed by atoms with Gasteiger partial charge in [0.05, 0.1) is 23.3 Å². The zero-order valence-electron chi connectivity index (χ0n) is 18.3. The summed E-state index contributed by atoms with van der Waals surface area (Å²) in [5.74, 6) is 0.0103. The summed E-state index contributed by atoms with van der Waals surface area (Å²) >= 11 is 6.24. The average Bonchev–Trinajstić information content (AvgIpc) is 3.16. The molecule has 0 atom stereocenters. The second kappa shape index (κ2) is 9.86. The van der Waals surface area contributed by atoms with Crippen LogP contribution in [0.4, 0.5) is 5.69 Å². The highest BCUT2D eigenvalue weighted by Crippen LogP contribution is 2.28. The molecule has 3 rings (SSSR count). The summed E-state index contributed by atoms with van der Waals surface area (Å²) in [4.78, 5) is 14.6. The first-order valence-corrected chi connectivity index (χ1v) is 11.7. The maximum atomic E-state index is 13.1. The topological polar surface area (TPSA) is 108 Å². The molecule has 1 heterocycles. The van der Waals surface area contributed by atoms with Gasteiger partial charge in [-0.15, -0.1) is 0 Å². The Hall–Kier alpha value is -2.66. The minimum atomic E-state index is -3.93. The molecular formula is C21H26ClN5O4S. The lowest BCUT2D eigenvalue weighted by Gasteiger charge is -2.18. The molecule has 1 aromatic heterocycles. The molecule has 32 heavy (non-hydrogen) atoms. The monoisotopic (exact) mass is 479 g/mol. The van der Waals surface area contributed by atoms with Gasteiger partial charge in [-0.05, 0) is 56.9 Å². The molecule has 2 N–H and O–H groups in total. The number of H-pyrrole nitrogens is 1. The Bertz CT molecular complexity index is 1230. The number of sulfonamides is 1. The minimum Gasteiger partial charge on any atom is -0.491 e. The fourth-order valence-electron chi connectivity index (χ4n) is 3.06. The normalized spacial score (nSPS) is 12.0. The van der Waals surface area contributed by atoms with Crippen molar-refractivity contribution in [2.75, 3.05) is 46.2 Å². The van der Waals surface area contributed by atoms with Crippen LogP contribution in [0.5, 0.6) is 5.75 Å². The molecule has 3 aromatic rings. The van der Waals surface area contributed by atoms with Gasteiger partial charge in [0.25, 0.3) is 0 Å². The Balaban J connectivity index is 1.68. The van der Waals surface area contributed by atoms with Gasteiger partial charge >= 0.3 is 0 Å². The predicted molar refractivity (Wildman–Crippen MR) is 125 cm³/mol. The first-order chi connectivity index (χ1) is 15.1. The lowest BCUT2D eigenvalue weighted by atomic mass is 10.2. The number of carbonyl (C=O) groups is 1. The first-order valence-electron chi connectivity index (χ1n) is 9.85. The smallest absolute Gasteiger partial charge is 0.245 e. The standard InChI is InChI=1S/C21H26ClN5O4S/c1-14-9-15-12-23-25-21(15)19(10-14)32(29,30)27(4)13-20(28)24-16-5-6-18(17(22)11-16)31-8-7-26(2)3/h5-6,9-12H,7-8,13H2,1-4H3,(H,23,25)(H,24,28). The van der Waals surface area contributed by atoms with Crippen molar-refractivity contribution < 1.29 is 17.9 Å². The van der Waals surface area contributed by atoms with Crippen LogP contribution in [0.2, 0.25) is 5.02 Å². The van der Waals surface area contributed by atoms with E-state index in [9.17, 15) is 13.2 Å². The van der Waals surface area contributed by atoms with Crippen LogP contribution in [-0.4, -0.2) is 74.6 Å². The summed E-state index contributed by atoms with van der Waals surface area (Å²) in [6.45, 7) is 2.64. The van der Waals surface area contributed by atoms with Gasteiger partial charge in [0.1, 0.15) is 17.3 Å². The van der Waals surface area contributed by atoms with Crippen LogP contribution >= 0.6 is 11.6 Å². The van der Waals surface area contributed by atoms with Crippen LogP contribution in [0.3, 0.4) is 0 Å². The van der Waals surface area contributed by atoms with Crippen molar-refractivity contribution in [3.8, 4) is 5.75 Å². The quantitative estimate of drug-likeness (QED) is 0.488. The number of ether oxygens (including phenoxy) is 1. The first kappa shape index (κ1) is 24.0. The molecule has 0 spiro atoms. The lowest BCUT2D eigenvalue weighted by molar-refractivity contribution is -0.116. The van der Waals surface area contributed by atoms with E-state index in [1.807, 2.05) is 25.1 Å². The number of fused-ring (bicyclic) bond motifs is 1. The van der Waals surface area contributed by atoms with Gasteiger partial charge in [-0.25, -0.2) is 8.42 Å². The zero-order valence-corrected chi connectivity index (χ0v) is 19.9. The average molecular weight is 480 g/mol. The third-order valence-electron chi connectivity index (χ3n) is 4.72. The molecular weight excluding hydrogens is 454 g/mol. The summed E-state index contributed by atoms with van der Waals surface area (Å²) in [6.07, 6.45) is 1.56. The van der Waals surface area contributed by atoms with E-state index < -0.39 is 15.9 Å². The Morgan fingerprint density at radius 1 is 1.22 bits per heavy atom. The number of hydrogen-bond acceptors (Lipinski definition) is 6. The van der Waals surface area contributed by atoms with E-state index in [-0.39, 0.29) is 11.4 Å². The number of benzene rings is 2. The molecule has 1 amide bonds. The number of hydrogen-bond donors (Lipinski definition) is 2. The van der Waals surface area contributed by atoms with Gasteiger partial charge in [0, 0.05) is 24.7 Å². The second-order valence-corrected chi connectivity index (χ2v) is 10.1. The SMILES string of the molecule is Cc1cc(S(=O)(=O)N(C)CC(=O)Nc2ccc(OCCN(C)C)c(Cl)c2)c2[nH]ncc2c1. The summed E-state index contributed by atoms with van der Waals surface area (Å²) in [6, 6.07) is 8.27. The Morgan fingerprint density at radius 3 is 2.66 bits per heavy atom. The van der Waals surface area contributed by atoms with Gasteiger partial charge < -0.3 is 15.0 Å². The zero-order chi connectivity index (χ0) is 23.5. The molecule has 0 aliphatic carbocycles. The predicted octanol–water partition coefficient (Wildman–Crippen LogP) is 2.72. The van der Waals surface area contributed by atoms with E-state index in [2.05, 4.69) is 15.5 Å². The molecule has 9 nitrogen and oxygen atoms in total. The van der Waals surface area contributed by atoms with Crippen molar-refractivity contribution in [1.82, 2.24) is 19.4 Å². The number of halogens is 1. The van der Waals surface area contributed by atoms with E-state index in [0.29, 0.717) is 34.0 Å². The van der Waals surface area contributed by atoms with Crippen molar-refractivity contribution in [3.05, 3.63) is 47.1 Å². The van der Waals surface area contributed by atoms with Crippen LogP contribution in [0.15, 0.2) is 41.4 Å². The van der Waals surface area contributed by atoms with E-state index in [0.717, 1.165) is 16.4 Å². The summed E-state index contributed by atoms with van der Waals surface area (Å²) in [5, 5.41) is 10.3. The molecule has 0 fully saturated rings. The Kier molecular flexibility index (Phi) is 7.40. The van der Waals surface area contributed by atoms with Gasteiger partial charge in [-0.1, -0.05) is 11.6 Å². The second-order valence-electron chi connectivity index (χ2n) is 7.70. The lowest BCUT2D eigenvalue weighted by Crippen LogP contribution is -2.35. The molecule has 0 unspecified atom stereocenters. The van der Waals surface area contributed by atoms with Gasteiger partial charge in [-0.2, -0.15) is 9.40 Å².